The highest BCUT2D eigenvalue weighted by Gasteiger charge is 2.12. The summed E-state index contributed by atoms with van der Waals surface area (Å²) in [6.07, 6.45) is 2.38. The number of fused-ring (bicyclic) bond motifs is 2. The summed E-state index contributed by atoms with van der Waals surface area (Å²) in [5.74, 6) is -0.0969. The number of nitrogens with zero attached hydrogens (tertiary/aromatic N) is 3. The van der Waals surface area contributed by atoms with Gasteiger partial charge in [-0.2, -0.15) is 0 Å². The van der Waals surface area contributed by atoms with E-state index in [1.54, 1.807) is 28.3 Å². The Hall–Kier alpha value is -3.84. The third kappa shape index (κ3) is 4.02. The van der Waals surface area contributed by atoms with Crippen molar-refractivity contribution in [1.82, 2.24) is 14.5 Å². The van der Waals surface area contributed by atoms with Crippen LogP contribution in [0.15, 0.2) is 83.9 Å². The maximum atomic E-state index is 12.6. The number of hydrogen-bond acceptors (Lipinski definition) is 5. The summed E-state index contributed by atoms with van der Waals surface area (Å²) in [5.41, 5.74) is 3.18. The molecule has 0 saturated heterocycles. The van der Waals surface area contributed by atoms with Gasteiger partial charge in [0.25, 0.3) is 5.56 Å². The number of para-hydroxylation sites is 3. The van der Waals surface area contributed by atoms with Gasteiger partial charge in [0.2, 0.25) is 5.91 Å². The fourth-order valence-corrected chi connectivity index (χ4v) is 4.66. The number of rotatable bonds is 6. The largest absolute Gasteiger partial charge is 0.325 e. The van der Waals surface area contributed by atoms with E-state index in [1.165, 1.54) is 0 Å². The molecule has 5 rings (SSSR count). The monoisotopic (exact) mass is 440 g/mol. The second-order valence-corrected chi connectivity index (χ2v) is 8.47. The van der Waals surface area contributed by atoms with E-state index in [0.29, 0.717) is 30.3 Å². The number of nitrogens with one attached hydrogen (secondary N) is 1. The highest BCUT2D eigenvalue weighted by molar-refractivity contribution is 7.21. The first-order chi connectivity index (χ1) is 15.7. The Morgan fingerprint density at radius 3 is 2.56 bits per heavy atom. The fraction of sp³-hybridized carbons (Fsp3) is 0.120. The van der Waals surface area contributed by atoms with Gasteiger partial charge >= 0.3 is 0 Å². The SMILES string of the molecule is O=C(CCCn1cnc2ccccc2c1=O)Nc1ccccc1-c1nc2ccccc2s1. The van der Waals surface area contributed by atoms with E-state index in [1.807, 2.05) is 66.7 Å². The second-order valence-electron chi connectivity index (χ2n) is 7.44. The molecule has 158 valence electrons. The molecule has 32 heavy (non-hydrogen) atoms. The lowest BCUT2D eigenvalue weighted by Crippen LogP contribution is -2.21. The summed E-state index contributed by atoms with van der Waals surface area (Å²) in [4.78, 5) is 34.2. The van der Waals surface area contributed by atoms with Gasteiger partial charge in [-0.1, -0.05) is 36.4 Å². The molecule has 0 bridgehead atoms. The van der Waals surface area contributed by atoms with Crippen molar-refractivity contribution < 1.29 is 4.79 Å². The lowest BCUT2D eigenvalue weighted by atomic mass is 10.1. The molecular weight excluding hydrogens is 420 g/mol. The van der Waals surface area contributed by atoms with Crippen molar-refractivity contribution in [3.63, 3.8) is 0 Å². The van der Waals surface area contributed by atoms with Crippen molar-refractivity contribution in [2.45, 2.75) is 19.4 Å². The van der Waals surface area contributed by atoms with E-state index in [9.17, 15) is 9.59 Å². The van der Waals surface area contributed by atoms with E-state index < -0.39 is 0 Å². The predicted octanol–water partition coefficient (Wildman–Crippen LogP) is 5.09. The van der Waals surface area contributed by atoms with Crippen molar-refractivity contribution in [3.05, 3.63) is 89.5 Å². The van der Waals surface area contributed by atoms with Gasteiger partial charge in [0.05, 0.1) is 33.1 Å². The van der Waals surface area contributed by atoms with E-state index in [4.69, 9.17) is 4.98 Å². The molecule has 0 radical (unpaired) electrons. The Morgan fingerprint density at radius 2 is 1.69 bits per heavy atom. The van der Waals surface area contributed by atoms with Crippen molar-refractivity contribution in [2.75, 3.05) is 5.32 Å². The van der Waals surface area contributed by atoms with Crippen LogP contribution < -0.4 is 10.9 Å². The zero-order chi connectivity index (χ0) is 21.9. The molecule has 0 atom stereocenters. The van der Waals surface area contributed by atoms with Gasteiger partial charge in [-0.15, -0.1) is 11.3 Å². The van der Waals surface area contributed by atoms with Gasteiger partial charge in [0, 0.05) is 18.5 Å². The van der Waals surface area contributed by atoms with Crippen molar-refractivity contribution in [2.24, 2.45) is 0 Å². The summed E-state index contributed by atoms with van der Waals surface area (Å²) in [5, 5.41) is 4.47. The Bertz CT molecular complexity index is 1460. The Balaban J connectivity index is 1.27. The quantitative estimate of drug-likeness (QED) is 0.399. The summed E-state index contributed by atoms with van der Waals surface area (Å²) in [6, 6.07) is 22.9. The van der Waals surface area contributed by atoms with Gasteiger partial charge in [0.15, 0.2) is 0 Å². The number of anilines is 1. The molecule has 0 saturated carbocycles. The number of aryl methyl sites for hydroxylation is 1. The highest BCUT2D eigenvalue weighted by atomic mass is 32.1. The van der Waals surface area contributed by atoms with Crippen LogP contribution in [0.1, 0.15) is 12.8 Å². The number of carbonyl (C=O) groups excluding carboxylic acids is 1. The fourth-order valence-electron chi connectivity index (χ4n) is 3.65. The minimum absolute atomic E-state index is 0.0859. The van der Waals surface area contributed by atoms with E-state index in [2.05, 4.69) is 10.3 Å². The number of thiazole rings is 1. The number of hydrogen-bond donors (Lipinski definition) is 1. The average Bonchev–Trinajstić information content (AvgIpc) is 3.25. The molecule has 0 aliphatic heterocycles. The van der Waals surface area contributed by atoms with Crippen LogP contribution >= 0.6 is 11.3 Å². The smallest absolute Gasteiger partial charge is 0.261 e. The molecule has 5 aromatic rings. The number of amides is 1. The van der Waals surface area contributed by atoms with Gasteiger partial charge in [-0.3, -0.25) is 14.2 Å². The average molecular weight is 441 g/mol. The summed E-state index contributed by atoms with van der Waals surface area (Å²) in [6.45, 7) is 0.434. The minimum atomic E-state index is -0.0969. The first-order valence-corrected chi connectivity index (χ1v) is 11.2. The Labute approximate surface area is 188 Å². The molecule has 0 unspecified atom stereocenters. The molecule has 0 aliphatic rings. The topological polar surface area (TPSA) is 76.9 Å². The molecule has 6 nitrogen and oxygen atoms in total. The lowest BCUT2D eigenvalue weighted by Gasteiger charge is -2.10. The summed E-state index contributed by atoms with van der Waals surface area (Å²) < 4.78 is 2.67. The molecule has 0 aliphatic carbocycles. The summed E-state index contributed by atoms with van der Waals surface area (Å²) in [7, 11) is 0. The predicted molar refractivity (Wildman–Crippen MR) is 129 cm³/mol. The van der Waals surface area contributed by atoms with Crippen LogP contribution in [-0.2, 0) is 11.3 Å². The van der Waals surface area contributed by atoms with Gasteiger partial charge in [-0.25, -0.2) is 9.97 Å². The van der Waals surface area contributed by atoms with Crippen LogP contribution in [0.2, 0.25) is 0 Å². The molecule has 0 fully saturated rings. The van der Waals surface area contributed by atoms with Crippen molar-refractivity contribution >= 4 is 44.1 Å². The molecule has 0 spiro atoms. The number of aromatic nitrogens is 3. The van der Waals surface area contributed by atoms with Crippen LogP contribution in [0.4, 0.5) is 5.69 Å². The third-order valence-corrected chi connectivity index (χ3v) is 6.33. The van der Waals surface area contributed by atoms with E-state index >= 15 is 0 Å². The highest BCUT2D eigenvalue weighted by Crippen LogP contribution is 2.34. The lowest BCUT2D eigenvalue weighted by molar-refractivity contribution is -0.116. The van der Waals surface area contributed by atoms with Crippen LogP contribution in [0.5, 0.6) is 0 Å². The van der Waals surface area contributed by atoms with Crippen LogP contribution in [0.3, 0.4) is 0 Å². The van der Waals surface area contributed by atoms with Gasteiger partial charge < -0.3 is 5.32 Å². The second kappa shape index (κ2) is 8.72. The molecule has 2 heterocycles. The normalized spacial score (nSPS) is 11.1. The number of carbonyl (C=O) groups is 1. The van der Waals surface area contributed by atoms with Crippen molar-refractivity contribution in [3.8, 4) is 10.6 Å². The molecule has 1 amide bonds. The maximum absolute atomic E-state index is 12.6. The molecule has 7 heteroatoms. The zero-order valence-corrected chi connectivity index (χ0v) is 18.0. The zero-order valence-electron chi connectivity index (χ0n) is 17.2. The first kappa shape index (κ1) is 20.1. The number of benzene rings is 3. The standard InChI is InChI=1S/C25H20N4O2S/c30-23(14-7-15-29-16-26-19-10-3-2-9-18(19)25(29)31)27-20-11-4-1-8-17(20)24-28-21-12-5-6-13-22(21)32-24/h1-6,8-13,16H,7,14-15H2,(H,27,30). The van der Waals surface area contributed by atoms with Crippen molar-refractivity contribution in [1.29, 1.82) is 0 Å². The van der Waals surface area contributed by atoms with E-state index in [0.717, 1.165) is 26.5 Å². The maximum Gasteiger partial charge on any atom is 0.261 e. The molecule has 3 aromatic carbocycles. The van der Waals surface area contributed by atoms with Gasteiger partial charge in [-0.05, 0) is 42.8 Å². The molecular formula is C25H20N4O2S. The first-order valence-electron chi connectivity index (χ1n) is 10.4. The van der Waals surface area contributed by atoms with Crippen LogP contribution in [0, 0.1) is 0 Å². The van der Waals surface area contributed by atoms with Crippen LogP contribution in [-0.4, -0.2) is 20.4 Å². The van der Waals surface area contributed by atoms with Gasteiger partial charge in [0.1, 0.15) is 5.01 Å². The Kier molecular flexibility index (Phi) is 5.47. The molecule has 2 aromatic heterocycles. The third-order valence-electron chi connectivity index (χ3n) is 5.26. The van der Waals surface area contributed by atoms with Crippen LogP contribution in [0.25, 0.3) is 31.7 Å². The summed E-state index contributed by atoms with van der Waals surface area (Å²) >= 11 is 1.60. The molecule has 1 N–H and O–H groups in total. The minimum Gasteiger partial charge on any atom is -0.325 e. The Morgan fingerprint density at radius 1 is 0.938 bits per heavy atom. The van der Waals surface area contributed by atoms with E-state index in [-0.39, 0.29) is 11.5 Å².